The number of methoxy groups -OCH3 is 1. The van der Waals surface area contributed by atoms with E-state index in [4.69, 9.17) is 20.8 Å². The molecule has 0 aliphatic rings. The van der Waals surface area contributed by atoms with Crippen molar-refractivity contribution in [3.8, 4) is 5.75 Å². The van der Waals surface area contributed by atoms with Gasteiger partial charge in [0.05, 0.1) is 25.4 Å². The first-order chi connectivity index (χ1) is 13.1. The zero-order valence-electron chi connectivity index (χ0n) is 15.2. The van der Waals surface area contributed by atoms with Gasteiger partial charge in [-0.05, 0) is 30.3 Å². The Kier molecular flexibility index (Phi) is 6.16. The normalized spacial score (nSPS) is 13.0. The Morgan fingerprint density at radius 1 is 1.19 bits per heavy atom. The molecule has 0 aliphatic heterocycles. The third-order valence-corrected chi connectivity index (χ3v) is 4.64. The molecule has 2 N–H and O–H groups in total. The minimum absolute atomic E-state index is 0.119. The summed E-state index contributed by atoms with van der Waals surface area (Å²) in [7, 11) is 3.53. The van der Waals surface area contributed by atoms with Gasteiger partial charge in [0.15, 0.2) is 11.8 Å². The fourth-order valence-electron chi connectivity index (χ4n) is 3.05. The molecule has 1 aromatic heterocycles. The lowest BCUT2D eigenvalue weighted by Crippen LogP contribution is -3.09. The summed E-state index contributed by atoms with van der Waals surface area (Å²) in [6.07, 6.45) is 1.64. The highest BCUT2D eigenvalue weighted by Crippen LogP contribution is 2.27. The first kappa shape index (κ1) is 19.0. The van der Waals surface area contributed by atoms with Crippen LogP contribution in [0, 0.1) is 0 Å². The molecule has 27 heavy (non-hydrogen) atoms. The number of likely N-dealkylation sites (N-methyl/N-ethyl adjacent to an activating group) is 1. The Labute approximate surface area is 163 Å². The number of carbonyl (C=O) groups excluding carboxylic acids is 1. The quantitative estimate of drug-likeness (QED) is 0.656. The van der Waals surface area contributed by atoms with Crippen LogP contribution in [0.4, 0.5) is 5.69 Å². The number of carbonyl (C=O) groups is 1. The molecular formula is C21H22ClN2O3+. The minimum atomic E-state index is -0.405. The van der Waals surface area contributed by atoms with E-state index in [2.05, 4.69) is 5.32 Å². The van der Waals surface area contributed by atoms with E-state index in [1.165, 1.54) is 0 Å². The van der Waals surface area contributed by atoms with Gasteiger partial charge in [-0.1, -0.05) is 41.9 Å². The van der Waals surface area contributed by atoms with Crippen molar-refractivity contribution in [2.75, 3.05) is 19.5 Å². The molecule has 140 valence electrons. The van der Waals surface area contributed by atoms with E-state index < -0.39 is 6.04 Å². The second-order valence-electron chi connectivity index (χ2n) is 6.28. The summed E-state index contributed by atoms with van der Waals surface area (Å²) in [4.78, 5) is 14.1. The van der Waals surface area contributed by atoms with Crippen molar-refractivity contribution in [2.45, 2.75) is 12.6 Å². The number of amides is 1. The number of benzene rings is 2. The van der Waals surface area contributed by atoms with Crippen LogP contribution < -0.4 is 15.0 Å². The van der Waals surface area contributed by atoms with Gasteiger partial charge in [-0.15, -0.1) is 0 Å². The fraction of sp³-hybridized carbons (Fsp3) is 0.190. The lowest BCUT2D eigenvalue weighted by atomic mass is 10.0. The summed E-state index contributed by atoms with van der Waals surface area (Å²) in [6, 6.07) is 18.2. The van der Waals surface area contributed by atoms with E-state index in [9.17, 15) is 4.79 Å². The summed E-state index contributed by atoms with van der Waals surface area (Å²) < 4.78 is 10.6. The van der Waals surface area contributed by atoms with Gasteiger partial charge in [0.25, 0.3) is 5.91 Å². The molecule has 2 atom stereocenters. The topological polar surface area (TPSA) is 55.9 Å². The summed E-state index contributed by atoms with van der Waals surface area (Å²) in [5, 5.41) is 3.41. The van der Waals surface area contributed by atoms with Crippen molar-refractivity contribution in [1.29, 1.82) is 0 Å². The largest absolute Gasteiger partial charge is 0.495 e. The van der Waals surface area contributed by atoms with Crippen LogP contribution >= 0.6 is 11.6 Å². The van der Waals surface area contributed by atoms with Gasteiger partial charge in [-0.3, -0.25) is 4.79 Å². The van der Waals surface area contributed by atoms with E-state index in [1.807, 2.05) is 49.5 Å². The van der Waals surface area contributed by atoms with E-state index >= 15 is 0 Å². The van der Waals surface area contributed by atoms with Gasteiger partial charge in [0.2, 0.25) is 0 Å². The molecule has 3 rings (SSSR count). The second kappa shape index (κ2) is 8.75. The van der Waals surface area contributed by atoms with Crippen molar-refractivity contribution in [3.05, 3.63) is 83.3 Å². The molecule has 1 amide bonds. The molecule has 0 fully saturated rings. The zero-order valence-corrected chi connectivity index (χ0v) is 16.0. The minimum Gasteiger partial charge on any atom is -0.495 e. The average molecular weight is 386 g/mol. The van der Waals surface area contributed by atoms with Gasteiger partial charge in [-0.2, -0.15) is 0 Å². The number of anilines is 1. The van der Waals surface area contributed by atoms with Crippen LogP contribution in [-0.2, 0) is 11.3 Å². The number of furan rings is 1. The summed E-state index contributed by atoms with van der Waals surface area (Å²) in [6.45, 7) is 0.587. The number of halogens is 1. The van der Waals surface area contributed by atoms with Crippen LogP contribution in [0.1, 0.15) is 17.4 Å². The highest BCUT2D eigenvalue weighted by Gasteiger charge is 2.29. The van der Waals surface area contributed by atoms with E-state index in [0.29, 0.717) is 23.0 Å². The molecule has 0 bridgehead atoms. The van der Waals surface area contributed by atoms with Gasteiger partial charge in [0, 0.05) is 11.3 Å². The zero-order chi connectivity index (χ0) is 19.2. The number of rotatable bonds is 7. The maximum absolute atomic E-state index is 13.1. The fourth-order valence-corrected chi connectivity index (χ4v) is 3.31. The highest BCUT2D eigenvalue weighted by atomic mass is 35.5. The standard InChI is InChI=1S/C21H21ClN2O3/c1-24(14-17-9-6-12-27-17)20(15-7-4-3-5-8-15)21(25)23-16-10-11-19(26-2)18(22)13-16/h3-13,20H,14H2,1-2H3,(H,23,25)/p+1/t20-/m0/s1. The van der Waals surface area contributed by atoms with Crippen molar-refractivity contribution in [1.82, 2.24) is 0 Å². The Bertz CT molecular complexity index is 882. The van der Waals surface area contributed by atoms with Gasteiger partial charge in [0.1, 0.15) is 12.3 Å². The maximum Gasteiger partial charge on any atom is 0.287 e. The second-order valence-corrected chi connectivity index (χ2v) is 6.69. The molecule has 1 heterocycles. The summed E-state index contributed by atoms with van der Waals surface area (Å²) in [5.41, 5.74) is 1.55. The molecule has 0 aliphatic carbocycles. The van der Waals surface area contributed by atoms with Crippen molar-refractivity contribution in [2.24, 2.45) is 0 Å². The third kappa shape index (κ3) is 4.70. The Hall–Kier alpha value is -2.76. The predicted octanol–water partition coefficient (Wildman–Crippen LogP) is 3.34. The van der Waals surface area contributed by atoms with Gasteiger partial charge in [-0.25, -0.2) is 0 Å². The van der Waals surface area contributed by atoms with Gasteiger partial charge >= 0.3 is 0 Å². The summed E-state index contributed by atoms with van der Waals surface area (Å²) >= 11 is 6.17. The van der Waals surface area contributed by atoms with Crippen LogP contribution in [0.25, 0.3) is 0 Å². The van der Waals surface area contributed by atoms with Crippen molar-refractivity contribution < 1.29 is 18.8 Å². The van der Waals surface area contributed by atoms with E-state index in [1.54, 1.807) is 31.6 Å². The molecular weight excluding hydrogens is 364 g/mol. The van der Waals surface area contributed by atoms with Crippen LogP contribution in [-0.4, -0.2) is 20.1 Å². The molecule has 0 spiro atoms. The predicted molar refractivity (Wildman–Crippen MR) is 105 cm³/mol. The van der Waals surface area contributed by atoms with Crippen molar-refractivity contribution in [3.63, 3.8) is 0 Å². The lowest BCUT2D eigenvalue weighted by Gasteiger charge is -2.24. The van der Waals surface area contributed by atoms with Crippen LogP contribution in [0.3, 0.4) is 0 Å². The SMILES string of the molecule is COc1ccc(NC(=O)[C@H](c2ccccc2)[NH+](C)Cc2ccco2)cc1Cl. The van der Waals surface area contributed by atoms with Gasteiger partial charge < -0.3 is 19.4 Å². The highest BCUT2D eigenvalue weighted by molar-refractivity contribution is 6.32. The molecule has 0 saturated heterocycles. The molecule has 3 aromatic rings. The monoisotopic (exact) mass is 385 g/mol. The molecule has 0 radical (unpaired) electrons. The lowest BCUT2D eigenvalue weighted by molar-refractivity contribution is -0.916. The Morgan fingerprint density at radius 2 is 1.96 bits per heavy atom. The number of hydrogen-bond donors (Lipinski definition) is 2. The smallest absolute Gasteiger partial charge is 0.287 e. The number of nitrogens with one attached hydrogen (secondary N) is 2. The van der Waals surface area contributed by atoms with E-state index in [-0.39, 0.29) is 5.91 Å². The first-order valence-corrected chi connectivity index (χ1v) is 9.00. The number of quaternary nitrogens is 1. The van der Waals surface area contributed by atoms with Crippen LogP contribution in [0.5, 0.6) is 5.75 Å². The molecule has 2 aromatic carbocycles. The van der Waals surface area contributed by atoms with Crippen LogP contribution in [0.2, 0.25) is 5.02 Å². The molecule has 6 heteroatoms. The maximum atomic E-state index is 13.1. The van der Waals surface area contributed by atoms with E-state index in [0.717, 1.165) is 16.2 Å². The number of hydrogen-bond acceptors (Lipinski definition) is 3. The molecule has 5 nitrogen and oxygen atoms in total. The number of ether oxygens (including phenoxy) is 1. The molecule has 0 saturated carbocycles. The summed E-state index contributed by atoms with van der Waals surface area (Å²) in [5.74, 6) is 1.27. The average Bonchev–Trinajstić information content (AvgIpc) is 3.16. The van der Waals surface area contributed by atoms with Crippen LogP contribution in [0.15, 0.2) is 71.3 Å². The first-order valence-electron chi connectivity index (χ1n) is 8.62. The Morgan fingerprint density at radius 3 is 2.59 bits per heavy atom. The third-order valence-electron chi connectivity index (χ3n) is 4.34. The molecule has 1 unspecified atom stereocenters. The van der Waals surface area contributed by atoms with Crippen molar-refractivity contribution >= 4 is 23.2 Å². The Balaban J connectivity index is 1.83.